The van der Waals surface area contributed by atoms with Crippen molar-refractivity contribution in [3.8, 4) is 0 Å². The number of halogens is 1. The summed E-state index contributed by atoms with van der Waals surface area (Å²) >= 11 is -1.47. The lowest BCUT2D eigenvalue weighted by atomic mass is 10.2. The molecule has 0 amide bonds. The smallest absolute Gasteiger partial charge is 0.00998 e. The van der Waals surface area contributed by atoms with Crippen LogP contribution in [-0.2, 0) is 0 Å². The van der Waals surface area contributed by atoms with Crippen LogP contribution in [-0.4, -0.2) is 3.51 Å². The third-order valence-electron chi connectivity index (χ3n) is 1.09. The Morgan fingerprint density at radius 3 is 2.00 bits per heavy atom. The molecular formula is C5H12INS. The predicted octanol–water partition coefficient (Wildman–Crippen LogP) is 2.33. The molecule has 2 N–H and O–H groups in total. The molecule has 0 aliphatic heterocycles. The summed E-state index contributed by atoms with van der Waals surface area (Å²) in [6, 6.07) is 0. The molecule has 3 heteroatoms. The van der Waals surface area contributed by atoms with Crippen LogP contribution in [0.1, 0.15) is 20.8 Å². The molecule has 0 aromatic rings. The summed E-state index contributed by atoms with van der Waals surface area (Å²) in [4.78, 5) is 0. The molecule has 0 unspecified atom stereocenters. The fourth-order valence-electron chi connectivity index (χ4n) is 0.215. The van der Waals surface area contributed by atoms with Gasteiger partial charge in [0, 0.05) is 0 Å². The molecular weight excluding hydrogens is 233 g/mol. The van der Waals surface area contributed by atoms with Crippen molar-refractivity contribution >= 4 is 30.5 Å². The standard InChI is InChI=1S/C5H12INS/c1-4(2)5(3)6(7)8/h4H,1-3H3,(H2,7,8). The first-order valence-electron chi connectivity index (χ1n) is 2.50. The Balaban J connectivity index is 4.23. The van der Waals surface area contributed by atoms with E-state index in [1.54, 1.807) is 0 Å². The molecule has 0 atom stereocenters. The molecule has 0 spiro atoms. The highest BCUT2D eigenvalue weighted by Crippen LogP contribution is 2.10. The second-order valence-electron chi connectivity index (χ2n) is 2.02. The molecule has 0 aliphatic carbocycles. The maximum absolute atomic E-state index is 5.57. The SMILES string of the molecule is CC(C(C)C)=I(N)=S. The zero-order valence-corrected chi connectivity index (χ0v) is 8.41. The van der Waals surface area contributed by atoms with Gasteiger partial charge in [0.05, 0.1) is 0 Å². The number of hydrogen-bond donors (Lipinski definition) is 1. The van der Waals surface area contributed by atoms with Gasteiger partial charge in [-0.05, 0) is 43.3 Å². The summed E-state index contributed by atoms with van der Waals surface area (Å²) in [6.45, 7) is 6.35. The van der Waals surface area contributed by atoms with E-state index in [1.807, 2.05) is 0 Å². The first-order valence-corrected chi connectivity index (χ1v) is 7.78. The van der Waals surface area contributed by atoms with Crippen LogP contribution in [0.4, 0.5) is 0 Å². The van der Waals surface area contributed by atoms with Crippen molar-refractivity contribution in [3.63, 3.8) is 0 Å². The Bertz CT molecular complexity index is 145. The van der Waals surface area contributed by atoms with Gasteiger partial charge in [-0.25, -0.2) is 0 Å². The lowest BCUT2D eigenvalue weighted by Crippen LogP contribution is -1.99. The van der Waals surface area contributed by atoms with Gasteiger partial charge in [-0.1, -0.05) is 13.8 Å². The molecule has 0 saturated heterocycles. The first-order chi connectivity index (χ1) is 3.55. The monoisotopic (exact) mass is 245 g/mol. The van der Waals surface area contributed by atoms with E-state index in [0.717, 1.165) is 0 Å². The van der Waals surface area contributed by atoms with Crippen LogP contribution in [0, 0.1) is 5.92 Å². The Hall–Kier alpha value is 0.780. The van der Waals surface area contributed by atoms with E-state index in [1.165, 1.54) is 3.51 Å². The van der Waals surface area contributed by atoms with Gasteiger partial charge in [-0.2, -0.15) is 0 Å². The Kier molecular flexibility index (Phi) is 4.10. The molecule has 0 bridgehead atoms. The lowest BCUT2D eigenvalue weighted by Gasteiger charge is -2.00. The fourth-order valence-corrected chi connectivity index (χ4v) is 2.64. The second-order valence-corrected chi connectivity index (χ2v) is 7.52. The van der Waals surface area contributed by atoms with Crippen molar-refractivity contribution < 1.29 is 0 Å². The molecule has 0 aromatic carbocycles. The van der Waals surface area contributed by atoms with Crippen LogP contribution >= 0.6 is 26.9 Å². The number of rotatable bonds is 1. The van der Waals surface area contributed by atoms with E-state index in [0.29, 0.717) is 5.92 Å². The quantitative estimate of drug-likeness (QED) is 0.566. The highest BCUT2D eigenvalue weighted by molar-refractivity contribution is 14.2. The van der Waals surface area contributed by atoms with Crippen LogP contribution in [0.5, 0.6) is 0 Å². The summed E-state index contributed by atoms with van der Waals surface area (Å²) in [7, 11) is 4.98. The topological polar surface area (TPSA) is 26.0 Å². The molecule has 0 fully saturated rings. The van der Waals surface area contributed by atoms with E-state index >= 15 is 0 Å². The minimum atomic E-state index is -1.47. The molecule has 0 saturated carbocycles. The summed E-state index contributed by atoms with van der Waals surface area (Å²) in [6.07, 6.45) is 0. The van der Waals surface area contributed by atoms with Gasteiger partial charge in [-0.15, -0.1) is 0 Å². The van der Waals surface area contributed by atoms with Gasteiger partial charge in [0.1, 0.15) is 0 Å². The van der Waals surface area contributed by atoms with Crippen molar-refractivity contribution in [2.45, 2.75) is 20.8 Å². The average molecular weight is 245 g/mol. The highest BCUT2D eigenvalue weighted by atomic mass is 127. The minimum absolute atomic E-state index is 0.600. The number of nitrogens with two attached hydrogens (primary N) is 1. The fraction of sp³-hybridized carbons (Fsp3) is 0.800. The van der Waals surface area contributed by atoms with Crippen LogP contribution in [0.25, 0.3) is 0 Å². The van der Waals surface area contributed by atoms with E-state index < -0.39 is 17.7 Å². The van der Waals surface area contributed by atoms with Gasteiger partial charge < -0.3 is 0 Å². The molecule has 0 heterocycles. The summed E-state index contributed by atoms with van der Waals surface area (Å²) in [5.74, 6) is 0.600. The maximum atomic E-state index is 5.57. The van der Waals surface area contributed by atoms with Crippen LogP contribution in [0.2, 0.25) is 0 Å². The van der Waals surface area contributed by atoms with Gasteiger partial charge in [-0.3, -0.25) is 3.95 Å². The van der Waals surface area contributed by atoms with Gasteiger partial charge in [0.2, 0.25) is 0 Å². The van der Waals surface area contributed by atoms with E-state index in [-0.39, 0.29) is 0 Å². The van der Waals surface area contributed by atoms with Crippen LogP contribution in [0.3, 0.4) is 0 Å². The van der Waals surface area contributed by atoms with Gasteiger partial charge in [0.15, 0.2) is 0 Å². The van der Waals surface area contributed by atoms with E-state index in [2.05, 4.69) is 20.8 Å². The van der Waals surface area contributed by atoms with E-state index in [4.69, 9.17) is 13.2 Å². The normalized spacial score (nSPS) is 16.4. The number of hydrogen-bond acceptors (Lipinski definition) is 1. The van der Waals surface area contributed by atoms with Crippen molar-refractivity contribution in [2.24, 2.45) is 9.86 Å². The van der Waals surface area contributed by atoms with Crippen molar-refractivity contribution in [1.82, 2.24) is 0 Å². The average Bonchev–Trinajstić information content (AvgIpc) is 1.64. The van der Waals surface area contributed by atoms with Crippen molar-refractivity contribution in [2.75, 3.05) is 0 Å². The molecule has 50 valence electrons. The lowest BCUT2D eigenvalue weighted by molar-refractivity contribution is 0.898. The molecule has 0 aliphatic rings. The highest BCUT2D eigenvalue weighted by Gasteiger charge is 1.94. The predicted molar refractivity (Wildman–Crippen MR) is 51.3 cm³/mol. The summed E-state index contributed by atoms with van der Waals surface area (Å²) in [5.41, 5.74) is 0. The molecule has 1 nitrogen and oxygen atoms in total. The van der Waals surface area contributed by atoms with Gasteiger partial charge in [0.25, 0.3) is 0 Å². The van der Waals surface area contributed by atoms with Crippen LogP contribution in [0.15, 0.2) is 0 Å². The Morgan fingerprint density at radius 2 is 2.00 bits per heavy atom. The zero-order chi connectivity index (χ0) is 6.73. The third kappa shape index (κ3) is 2.94. The second kappa shape index (κ2) is 3.74. The summed E-state index contributed by atoms with van der Waals surface area (Å²) < 4.78 is 6.92. The molecule has 0 radical (unpaired) electrons. The van der Waals surface area contributed by atoms with Crippen molar-refractivity contribution in [3.05, 3.63) is 0 Å². The van der Waals surface area contributed by atoms with Crippen molar-refractivity contribution in [1.29, 1.82) is 0 Å². The Labute approximate surface area is 61.0 Å². The molecule has 0 aromatic heterocycles. The van der Waals surface area contributed by atoms with Crippen LogP contribution < -0.4 is 3.95 Å². The zero-order valence-electron chi connectivity index (χ0n) is 5.44. The largest absolute Gasteiger partial charge is 0.276 e. The summed E-state index contributed by atoms with van der Waals surface area (Å²) in [5, 5.41) is 0. The van der Waals surface area contributed by atoms with E-state index in [9.17, 15) is 0 Å². The maximum Gasteiger partial charge on any atom is -0.00998 e. The Morgan fingerprint density at radius 1 is 1.62 bits per heavy atom. The van der Waals surface area contributed by atoms with Gasteiger partial charge >= 0.3 is 0 Å². The third-order valence-corrected chi connectivity index (χ3v) is 5.64. The minimum Gasteiger partial charge on any atom is -0.276 e. The molecule has 8 heavy (non-hydrogen) atoms. The first kappa shape index (κ1) is 8.78. The molecule has 0 rings (SSSR count).